The lowest BCUT2D eigenvalue weighted by Gasteiger charge is -1.99. The Morgan fingerprint density at radius 2 is 2.29 bits per heavy atom. The molecule has 2 heterocycles. The first-order chi connectivity index (χ1) is 6.86. The van der Waals surface area contributed by atoms with E-state index < -0.39 is 0 Å². The predicted octanol–water partition coefficient (Wildman–Crippen LogP) is 0.540. The third-order valence-corrected chi connectivity index (χ3v) is 2.59. The standard InChI is InChI=1S/C8H10N4OS/c1-14-8-6-7(9-4-10-8)12(2-3-13)5-11-6/h4-5,13H,2-3H2,1H3. The number of aliphatic hydroxyl groups is 1. The smallest absolute Gasteiger partial charge is 0.164 e. The molecular weight excluding hydrogens is 200 g/mol. The van der Waals surface area contributed by atoms with Gasteiger partial charge in [0.15, 0.2) is 5.65 Å². The van der Waals surface area contributed by atoms with Crippen LogP contribution >= 0.6 is 11.8 Å². The highest BCUT2D eigenvalue weighted by Gasteiger charge is 2.08. The van der Waals surface area contributed by atoms with Crippen LogP contribution in [0, 0.1) is 0 Å². The molecule has 0 aromatic carbocycles. The fraction of sp³-hybridized carbons (Fsp3) is 0.375. The monoisotopic (exact) mass is 210 g/mol. The second-order valence-corrected chi connectivity index (χ2v) is 3.51. The fourth-order valence-electron chi connectivity index (χ4n) is 1.28. The highest BCUT2D eigenvalue weighted by Crippen LogP contribution is 2.20. The third kappa shape index (κ3) is 1.46. The van der Waals surface area contributed by atoms with Crippen LogP contribution in [0.25, 0.3) is 11.2 Å². The average Bonchev–Trinajstić information content (AvgIpc) is 2.62. The summed E-state index contributed by atoms with van der Waals surface area (Å²) >= 11 is 1.54. The van der Waals surface area contributed by atoms with Crippen LogP contribution in [0.4, 0.5) is 0 Å². The van der Waals surface area contributed by atoms with Gasteiger partial charge in [-0.25, -0.2) is 15.0 Å². The van der Waals surface area contributed by atoms with Crippen molar-refractivity contribution in [1.29, 1.82) is 0 Å². The molecule has 0 saturated heterocycles. The summed E-state index contributed by atoms with van der Waals surface area (Å²) in [7, 11) is 0. The number of thioether (sulfide) groups is 1. The molecule has 0 unspecified atom stereocenters. The molecule has 2 rings (SSSR count). The minimum absolute atomic E-state index is 0.0874. The topological polar surface area (TPSA) is 63.8 Å². The van der Waals surface area contributed by atoms with Gasteiger partial charge in [-0.2, -0.15) is 0 Å². The first-order valence-corrected chi connectivity index (χ1v) is 5.40. The molecule has 0 aliphatic carbocycles. The Hall–Kier alpha value is -1.14. The summed E-state index contributed by atoms with van der Waals surface area (Å²) in [5, 5.41) is 9.69. The van der Waals surface area contributed by atoms with E-state index in [9.17, 15) is 0 Å². The quantitative estimate of drug-likeness (QED) is 0.591. The summed E-state index contributed by atoms with van der Waals surface area (Å²) < 4.78 is 1.82. The molecule has 0 saturated carbocycles. The van der Waals surface area contributed by atoms with Crippen LogP contribution in [0.3, 0.4) is 0 Å². The normalized spacial score (nSPS) is 11.0. The van der Waals surface area contributed by atoms with E-state index in [2.05, 4.69) is 15.0 Å². The van der Waals surface area contributed by atoms with E-state index in [0.29, 0.717) is 6.54 Å². The Balaban J connectivity index is 2.57. The lowest BCUT2D eigenvalue weighted by atomic mass is 10.5. The van der Waals surface area contributed by atoms with Crippen LogP contribution in [-0.4, -0.2) is 37.5 Å². The fourth-order valence-corrected chi connectivity index (χ4v) is 1.77. The first-order valence-electron chi connectivity index (χ1n) is 4.17. The van der Waals surface area contributed by atoms with E-state index in [1.165, 1.54) is 6.33 Å². The molecule has 0 atom stereocenters. The van der Waals surface area contributed by atoms with Crippen molar-refractivity contribution in [2.24, 2.45) is 0 Å². The highest BCUT2D eigenvalue weighted by molar-refractivity contribution is 7.98. The highest BCUT2D eigenvalue weighted by atomic mass is 32.2. The zero-order valence-corrected chi connectivity index (χ0v) is 8.53. The van der Waals surface area contributed by atoms with Gasteiger partial charge in [0.1, 0.15) is 16.9 Å². The summed E-state index contributed by atoms with van der Waals surface area (Å²) in [5.74, 6) is 0. The van der Waals surface area contributed by atoms with Crippen LogP contribution in [-0.2, 0) is 6.54 Å². The summed E-state index contributed by atoms with van der Waals surface area (Å²) in [4.78, 5) is 12.5. The summed E-state index contributed by atoms with van der Waals surface area (Å²) in [6, 6.07) is 0. The molecule has 0 aliphatic heterocycles. The number of aliphatic hydroxyl groups excluding tert-OH is 1. The van der Waals surface area contributed by atoms with E-state index in [1.807, 2.05) is 10.8 Å². The SMILES string of the molecule is CSc1ncnc2c1ncn2CCO. The van der Waals surface area contributed by atoms with E-state index in [1.54, 1.807) is 18.1 Å². The number of rotatable bonds is 3. The lowest BCUT2D eigenvalue weighted by molar-refractivity contribution is 0.277. The van der Waals surface area contributed by atoms with Gasteiger partial charge in [-0.05, 0) is 6.26 Å². The maximum Gasteiger partial charge on any atom is 0.164 e. The number of nitrogens with zero attached hydrogens (tertiary/aromatic N) is 4. The van der Waals surface area contributed by atoms with Crippen LogP contribution in [0.2, 0.25) is 0 Å². The summed E-state index contributed by atoms with van der Waals surface area (Å²) in [6.45, 7) is 0.603. The summed E-state index contributed by atoms with van der Waals surface area (Å²) in [5.41, 5.74) is 1.58. The maximum atomic E-state index is 8.83. The summed E-state index contributed by atoms with van der Waals surface area (Å²) in [6.07, 6.45) is 5.14. The molecule has 0 radical (unpaired) electrons. The molecule has 14 heavy (non-hydrogen) atoms. The van der Waals surface area contributed by atoms with Gasteiger partial charge in [0.25, 0.3) is 0 Å². The van der Waals surface area contributed by atoms with Crippen molar-refractivity contribution >= 4 is 22.9 Å². The maximum absolute atomic E-state index is 8.83. The largest absolute Gasteiger partial charge is 0.395 e. The molecule has 6 heteroatoms. The van der Waals surface area contributed by atoms with E-state index in [0.717, 1.165) is 16.2 Å². The predicted molar refractivity (Wildman–Crippen MR) is 54.2 cm³/mol. The van der Waals surface area contributed by atoms with Crippen molar-refractivity contribution in [2.45, 2.75) is 11.6 Å². The molecule has 74 valence electrons. The number of fused-ring (bicyclic) bond motifs is 1. The lowest BCUT2D eigenvalue weighted by Crippen LogP contribution is -2.01. The van der Waals surface area contributed by atoms with Crippen LogP contribution in [0.1, 0.15) is 0 Å². The Kier molecular flexibility index (Phi) is 2.64. The van der Waals surface area contributed by atoms with Gasteiger partial charge in [0.05, 0.1) is 12.9 Å². The second-order valence-electron chi connectivity index (χ2n) is 2.72. The number of imidazole rings is 1. The van der Waals surface area contributed by atoms with E-state index in [-0.39, 0.29) is 6.61 Å². The van der Waals surface area contributed by atoms with Crippen molar-refractivity contribution in [2.75, 3.05) is 12.9 Å². The van der Waals surface area contributed by atoms with Crippen molar-refractivity contribution in [3.8, 4) is 0 Å². The van der Waals surface area contributed by atoms with E-state index >= 15 is 0 Å². The van der Waals surface area contributed by atoms with Gasteiger partial charge in [0.2, 0.25) is 0 Å². The van der Waals surface area contributed by atoms with Crippen molar-refractivity contribution < 1.29 is 5.11 Å². The van der Waals surface area contributed by atoms with Crippen LogP contribution < -0.4 is 0 Å². The zero-order valence-electron chi connectivity index (χ0n) is 7.71. The van der Waals surface area contributed by atoms with Gasteiger partial charge in [-0.15, -0.1) is 11.8 Å². The number of hydrogen-bond acceptors (Lipinski definition) is 5. The molecule has 5 nitrogen and oxygen atoms in total. The van der Waals surface area contributed by atoms with Crippen molar-refractivity contribution in [1.82, 2.24) is 19.5 Å². The Morgan fingerprint density at radius 1 is 1.43 bits per heavy atom. The average molecular weight is 210 g/mol. The Labute approximate surface area is 85.2 Å². The third-order valence-electron chi connectivity index (χ3n) is 1.90. The van der Waals surface area contributed by atoms with Crippen molar-refractivity contribution in [3.05, 3.63) is 12.7 Å². The molecule has 2 aromatic heterocycles. The van der Waals surface area contributed by atoms with Crippen molar-refractivity contribution in [3.63, 3.8) is 0 Å². The minimum Gasteiger partial charge on any atom is -0.395 e. The molecular formula is C8H10N4OS. The van der Waals surface area contributed by atoms with Gasteiger partial charge < -0.3 is 9.67 Å². The van der Waals surface area contributed by atoms with Gasteiger partial charge in [-0.1, -0.05) is 0 Å². The molecule has 0 aliphatic rings. The van der Waals surface area contributed by atoms with Gasteiger partial charge >= 0.3 is 0 Å². The Bertz CT molecular complexity index is 442. The van der Waals surface area contributed by atoms with Gasteiger partial charge in [-0.3, -0.25) is 0 Å². The molecule has 1 N–H and O–H groups in total. The molecule has 0 fully saturated rings. The first kappa shape index (κ1) is 9.42. The molecule has 0 spiro atoms. The minimum atomic E-state index is 0.0874. The van der Waals surface area contributed by atoms with Crippen LogP contribution in [0.15, 0.2) is 17.7 Å². The zero-order chi connectivity index (χ0) is 9.97. The Morgan fingerprint density at radius 3 is 3.00 bits per heavy atom. The van der Waals surface area contributed by atoms with Crippen LogP contribution in [0.5, 0.6) is 0 Å². The number of aromatic nitrogens is 4. The second kappa shape index (κ2) is 3.93. The number of hydrogen-bond donors (Lipinski definition) is 1. The molecule has 2 aromatic rings. The van der Waals surface area contributed by atoms with Gasteiger partial charge in [0, 0.05) is 6.54 Å². The molecule has 0 bridgehead atoms. The van der Waals surface area contributed by atoms with E-state index in [4.69, 9.17) is 5.11 Å². The molecule has 0 amide bonds.